The Balaban J connectivity index is 0.00000220. The van der Waals surface area contributed by atoms with Crippen LogP contribution in [0.3, 0.4) is 0 Å². The largest absolute Gasteiger partial charge is 0.507 e. The molecule has 1 aromatic carbocycles. The number of phenols is 1. The van der Waals surface area contributed by atoms with Crippen molar-refractivity contribution in [3.63, 3.8) is 0 Å². The molecule has 3 heteroatoms. The first-order valence-electron chi connectivity index (χ1n) is 7.72. The van der Waals surface area contributed by atoms with Gasteiger partial charge in [-0.15, -0.1) is 12.4 Å². The van der Waals surface area contributed by atoms with E-state index in [4.69, 9.17) is 0 Å². The lowest BCUT2D eigenvalue weighted by atomic mass is 9.78. The summed E-state index contributed by atoms with van der Waals surface area (Å²) >= 11 is 0. The minimum absolute atomic E-state index is 0. The van der Waals surface area contributed by atoms with Gasteiger partial charge in [0.1, 0.15) is 5.75 Å². The summed E-state index contributed by atoms with van der Waals surface area (Å²) in [5, 5.41) is 14.2. The van der Waals surface area contributed by atoms with Gasteiger partial charge in [-0.2, -0.15) is 0 Å². The van der Waals surface area contributed by atoms with Crippen molar-refractivity contribution >= 4 is 12.4 Å². The molecule has 1 heterocycles. The first-order chi connectivity index (χ1) is 9.10. The summed E-state index contributed by atoms with van der Waals surface area (Å²) in [7, 11) is 0. The molecule has 21 heavy (non-hydrogen) atoms. The molecule has 2 N–H and O–H groups in total. The van der Waals surface area contributed by atoms with E-state index in [9.17, 15) is 5.11 Å². The van der Waals surface area contributed by atoms with Crippen molar-refractivity contribution in [2.75, 3.05) is 6.54 Å². The Kier molecular flexibility index (Phi) is 5.39. The molecule has 0 aliphatic carbocycles. The standard InChI is InChI=1S/C18H29NO.ClH/c1-17(2,3)12-10-13(15-8-7-9-19-15)16(20)14(11-12)18(4,5)6;/h10-11,15,19-20H,7-9H2,1-6H3;1H/t15-;/m1./s1. The van der Waals surface area contributed by atoms with Crippen LogP contribution in [-0.4, -0.2) is 11.7 Å². The van der Waals surface area contributed by atoms with Gasteiger partial charge in [-0.05, 0) is 47.4 Å². The van der Waals surface area contributed by atoms with Crippen LogP contribution in [0.15, 0.2) is 12.1 Å². The molecule has 0 aromatic heterocycles. The van der Waals surface area contributed by atoms with E-state index in [0.29, 0.717) is 11.8 Å². The lowest BCUT2D eigenvalue weighted by Crippen LogP contribution is -2.20. The number of aromatic hydroxyl groups is 1. The Hall–Kier alpha value is -0.730. The molecule has 1 saturated heterocycles. The van der Waals surface area contributed by atoms with Gasteiger partial charge in [0, 0.05) is 11.6 Å². The van der Waals surface area contributed by atoms with Gasteiger partial charge in [-0.1, -0.05) is 47.6 Å². The third kappa shape index (κ3) is 3.92. The van der Waals surface area contributed by atoms with E-state index in [-0.39, 0.29) is 23.2 Å². The molecule has 1 fully saturated rings. The molecule has 120 valence electrons. The maximum absolute atomic E-state index is 10.7. The zero-order valence-electron chi connectivity index (χ0n) is 14.2. The summed E-state index contributed by atoms with van der Waals surface area (Å²) in [5.74, 6) is 0.491. The summed E-state index contributed by atoms with van der Waals surface area (Å²) in [6.45, 7) is 14.3. The fraction of sp³-hybridized carbons (Fsp3) is 0.667. The van der Waals surface area contributed by atoms with E-state index in [1.807, 2.05) is 0 Å². The molecule has 1 aliphatic heterocycles. The van der Waals surface area contributed by atoms with Crippen molar-refractivity contribution in [3.8, 4) is 5.75 Å². The first kappa shape index (κ1) is 18.3. The van der Waals surface area contributed by atoms with Crippen LogP contribution in [0.1, 0.15) is 77.1 Å². The van der Waals surface area contributed by atoms with Gasteiger partial charge in [-0.25, -0.2) is 0 Å². The van der Waals surface area contributed by atoms with Gasteiger partial charge in [-0.3, -0.25) is 0 Å². The Labute approximate surface area is 135 Å². The summed E-state index contributed by atoms with van der Waals surface area (Å²) in [6, 6.07) is 4.69. The highest BCUT2D eigenvalue weighted by Crippen LogP contribution is 2.41. The van der Waals surface area contributed by atoms with Gasteiger partial charge in [0.2, 0.25) is 0 Å². The first-order valence-corrected chi connectivity index (χ1v) is 7.72. The van der Waals surface area contributed by atoms with Crippen LogP contribution in [0.4, 0.5) is 0 Å². The molecule has 0 spiro atoms. The second kappa shape index (κ2) is 6.18. The highest BCUT2D eigenvalue weighted by Gasteiger charge is 2.28. The number of phenolic OH excluding ortho intramolecular Hbond substituents is 1. The highest BCUT2D eigenvalue weighted by atomic mass is 35.5. The lowest BCUT2D eigenvalue weighted by molar-refractivity contribution is 0.429. The van der Waals surface area contributed by atoms with Crippen LogP contribution in [0, 0.1) is 0 Å². The zero-order valence-corrected chi connectivity index (χ0v) is 15.0. The maximum Gasteiger partial charge on any atom is 0.124 e. The molecule has 0 unspecified atom stereocenters. The van der Waals surface area contributed by atoms with E-state index >= 15 is 0 Å². The predicted molar refractivity (Wildman–Crippen MR) is 92.7 cm³/mol. The van der Waals surface area contributed by atoms with Crippen LogP contribution < -0.4 is 5.32 Å². The number of hydrogen-bond acceptors (Lipinski definition) is 2. The van der Waals surface area contributed by atoms with Crippen LogP contribution in [-0.2, 0) is 10.8 Å². The lowest BCUT2D eigenvalue weighted by Gasteiger charge is -2.29. The molecule has 2 rings (SSSR count). The van der Waals surface area contributed by atoms with Crippen LogP contribution in [0.25, 0.3) is 0 Å². The average Bonchev–Trinajstić information content (AvgIpc) is 2.79. The van der Waals surface area contributed by atoms with Gasteiger partial charge in [0.25, 0.3) is 0 Å². The average molecular weight is 312 g/mol. The van der Waals surface area contributed by atoms with Crippen molar-refractivity contribution < 1.29 is 5.11 Å². The van der Waals surface area contributed by atoms with Crippen molar-refractivity contribution in [1.29, 1.82) is 0 Å². The normalized spacial score (nSPS) is 19.4. The molecule has 1 aromatic rings. The molecular formula is C18H30ClNO. The minimum Gasteiger partial charge on any atom is -0.507 e. The zero-order chi connectivity index (χ0) is 15.1. The van der Waals surface area contributed by atoms with Crippen molar-refractivity contribution in [3.05, 3.63) is 28.8 Å². The van der Waals surface area contributed by atoms with E-state index in [0.717, 1.165) is 24.1 Å². The molecule has 1 atom stereocenters. The van der Waals surface area contributed by atoms with Gasteiger partial charge in [0.05, 0.1) is 0 Å². The summed E-state index contributed by atoms with van der Waals surface area (Å²) in [5.41, 5.74) is 3.51. The molecule has 1 aliphatic rings. The fourth-order valence-corrected chi connectivity index (χ4v) is 2.88. The molecule has 2 nitrogen and oxygen atoms in total. The van der Waals surface area contributed by atoms with E-state index in [2.05, 4.69) is 59.0 Å². The summed E-state index contributed by atoms with van der Waals surface area (Å²) in [6.07, 6.45) is 2.31. The van der Waals surface area contributed by atoms with Crippen molar-refractivity contribution in [2.24, 2.45) is 0 Å². The summed E-state index contributed by atoms with van der Waals surface area (Å²) in [4.78, 5) is 0. The highest BCUT2D eigenvalue weighted by molar-refractivity contribution is 5.85. The second-order valence-electron chi connectivity index (χ2n) is 8.11. The number of halogens is 1. The van der Waals surface area contributed by atoms with Crippen molar-refractivity contribution in [2.45, 2.75) is 71.3 Å². The molecule has 0 bridgehead atoms. The quantitative estimate of drug-likeness (QED) is 0.778. The second-order valence-corrected chi connectivity index (χ2v) is 8.11. The monoisotopic (exact) mass is 311 g/mol. The van der Waals surface area contributed by atoms with E-state index in [1.165, 1.54) is 12.0 Å². The Morgan fingerprint density at radius 1 is 1.05 bits per heavy atom. The molecule has 0 saturated carbocycles. The molecule has 0 radical (unpaired) electrons. The minimum atomic E-state index is -0.0430. The smallest absolute Gasteiger partial charge is 0.124 e. The molecular weight excluding hydrogens is 282 g/mol. The number of nitrogens with one attached hydrogen (secondary N) is 1. The molecule has 0 amide bonds. The Bertz CT molecular complexity index is 491. The third-order valence-corrected chi connectivity index (χ3v) is 4.25. The van der Waals surface area contributed by atoms with Crippen LogP contribution in [0.2, 0.25) is 0 Å². The van der Waals surface area contributed by atoms with Gasteiger partial charge >= 0.3 is 0 Å². The Morgan fingerprint density at radius 2 is 1.67 bits per heavy atom. The summed E-state index contributed by atoms with van der Waals surface area (Å²) < 4.78 is 0. The topological polar surface area (TPSA) is 32.3 Å². The third-order valence-electron chi connectivity index (χ3n) is 4.25. The SMILES string of the molecule is CC(C)(C)c1cc([C@H]2CCCN2)c(O)c(C(C)(C)C)c1.Cl. The van der Waals surface area contributed by atoms with E-state index in [1.54, 1.807) is 0 Å². The predicted octanol–water partition coefficient (Wildman–Crippen LogP) is 4.83. The van der Waals surface area contributed by atoms with E-state index < -0.39 is 0 Å². The maximum atomic E-state index is 10.7. The fourth-order valence-electron chi connectivity index (χ4n) is 2.88. The van der Waals surface area contributed by atoms with Crippen molar-refractivity contribution in [1.82, 2.24) is 5.32 Å². The number of benzene rings is 1. The van der Waals surface area contributed by atoms with Gasteiger partial charge in [0.15, 0.2) is 0 Å². The van der Waals surface area contributed by atoms with Crippen LogP contribution in [0.5, 0.6) is 5.75 Å². The van der Waals surface area contributed by atoms with Gasteiger partial charge < -0.3 is 10.4 Å². The number of rotatable bonds is 1. The Morgan fingerprint density at radius 3 is 2.10 bits per heavy atom. The number of hydrogen-bond donors (Lipinski definition) is 2. The van der Waals surface area contributed by atoms with Crippen LogP contribution >= 0.6 is 12.4 Å².